The summed E-state index contributed by atoms with van der Waals surface area (Å²) in [7, 11) is 0. The van der Waals surface area contributed by atoms with E-state index in [1.54, 1.807) is 12.1 Å². The second-order valence-electron chi connectivity index (χ2n) is 4.73. The van der Waals surface area contributed by atoms with Crippen LogP contribution < -0.4 is 10.1 Å². The van der Waals surface area contributed by atoms with Crippen molar-refractivity contribution in [1.29, 1.82) is 5.26 Å². The maximum Gasteiger partial charge on any atom is 0.144 e. The van der Waals surface area contributed by atoms with Crippen molar-refractivity contribution < 1.29 is 9.13 Å². The van der Waals surface area contributed by atoms with Crippen LogP contribution in [0.4, 0.5) is 4.39 Å². The minimum absolute atomic E-state index is 0.0388. The molecule has 4 heteroatoms. The largest absolute Gasteiger partial charge is 0.493 e. The summed E-state index contributed by atoms with van der Waals surface area (Å²) in [5, 5.41) is 11.9. The van der Waals surface area contributed by atoms with Gasteiger partial charge < -0.3 is 10.1 Å². The second kappa shape index (κ2) is 6.97. The Hall–Kier alpha value is -1.60. The number of nitrogens with zero attached hydrogens (tertiary/aromatic N) is 1. The predicted molar refractivity (Wildman–Crippen MR) is 68.9 cm³/mol. The Bertz CT molecular complexity index is 426. The van der Waals surface area contributed by atoms with Crippen LogP contribution in [0.25, 0.3) is 0 Å². The molecule has 0 heterocycles. The first-order chi connectivity index (χ1) is 8.52. The molecule has 98 valence electrons. The Balaban J connectivity index is 2.44. The first kappa shape index (κ1) is 14.5. The Morgan fingerprint density at radius 2 is 2.11 bits per heavy atom. The molecule has 3 nitrogen and oxygen atoms in total. The Labute approximate surface area is 108 Å². The van der Waals surface area contributed by atoms with Gasteiger partial charge in [0.05, 0.1) is 12.2 Å². The fourth-order valence-electron chi connectivity index (χ4n) is 1.41. The van der Waals surface area contributed by atoms with Crippen molar-refractivity contribution in [3.05, 3.63) is 29.6 Å². The molecule has 0 aromatic heterocycles. The summed E-state index contributed by atoms with van der Waals surface area (Å²) in [6.45, 7) is 7.62. The van der Waals surface area contributed by atoms with E-state index in [0.717, 1.165) is 6.54 Å². The molecule has 0 saturated heterocycles. The molecular weight excluding hydrogens is 231 g/mol. The van der Waals surface area contributed by atoms with E-state index in [-0.39, 0.29) is 5.56 Å². The molecule has 0 saturated carbocycles. The molecular formula is C14H19FN2O. The van der Waals surface area contributed by atoms with E-state index in [9.17, 15) is 4.39 Å². The van der Waals surface area contributed by atoms with Crippen LogP contribution in [0.15, 0.2) is 18.2 Å². The number of benzene rings is 1. The molecule has 1 N–H and O–H groups in total. The summed E-state index contributed by atoms with van der Waals surface area (Å²) in [6, 6.07) is 6.52. The topological polar surface area (TPSA) is 45.0 Å². The fourth-order valence-corrected chi connectivity index (χ4v) is 1.41. The van der Waals surface area contributed by atoms with Crippen LogP contribution in [-0.4, -0.2) is 19.2 Å². The van der Waals surface area contributed by atoms with Crippen molar-refractivity contribution in [2.24, 2.45) is 5.92 Å². The van der Waals surface area contributed by atoms with Gasteiger partial charge in [-0.1, -0.05) is 20.8 Å². The number of nitriles is 1. The summed E-state index contributed by atoms with van der Waals surface area (Å²) in [5.41, 5.74) is 0.0388. The van der Waals surface area contributed by atoms with Crippen LogP contribution in [0.3, 0.4) is 0 Å². The summed E-state index contributed by atoms with van der Waals surface area (Å²) < 4.78 is 18.8. The highest BCUT2D eigenvalue weighted by Crippen LogP contribution is 2.16. The van der Waals surface area contributed by atoms with Gasteiger partial charge in [-0.15, -0.1) is 0 Å². The molecule has 0 aliphatic carbocycles. The lowest BCUT2D eigenvalue weighted by atomic mass is 10.2. The Kier molecular flexibility index (Phi) is 5.60. The summed E-state index contributed by atoms with van der Waals surface area (Å²) >= 11 is 0. The number of nitrogens with one attached hydrogen (secondary N) is 1. The molecule has 0 fully saturated rings. The zero-order valence-electron chi connectivity index (χ0n) is 11.0. The summed E-state index contributed by atoms with van der Waals surface area (Å²) in [5.74, 6) is 0.261. The smallest absolute Gasteiger partial charge is 0.144 e. The lowest BCUT2D eigenvalue weighted by molar-refractivity contribution is 0.252. The quantitative estimate of drug-likeness (QED) is 0.844. The monoisotopic (exact) mass is 250 g/mol. The highest BCUT2D eigenvalue weighted by Gasteiger charge is 2.06. The Morgan fingerprint density at radius 1 is 1.39 bits per heavy atom. The van der Waals surface area contributed by atoms with E-state index in [1.807, 2.05) is 0 Å². The minimum atomic E-state index is -0.539. The van der Waals surface area contributed by atoms with Gasteiger partial charge in [0.15, 0.2) is 0 Å². The van der Waals surface area contributed by atoms with Crippen LogP contribution in [0.1, 0.15) is 26.3 Å². The number of hydrogen-bond donors (Lipinski definition) is 1. The maximum absolute atomic E-state index is 13.3. The molecule has 1 rings (SSSR count). The van der Waals surface area contributed by atoms with Crippen LogP contribution in [0.2, 0.25) is 0 Å². The normalized spacial score (nSPS) is 12.2. The summed E-state index contributed by atoms with van der Waals surface area (Å²) in [6.07, 6.45) is 0. The zero-order chi connectivity index (χ0) is 13.5. The van der Waals surface area contributed by atoms with E-state index in [4.69, 9.17) is 10.00 Å². The van der Waals surface area contributed by atoms with E-state index in [0.29, 0.717) is 24.3 Å². The van der Waals surface area contributed by atoms with Gasteiger partial charge in [0.25, 0.3) is 0 Å². The van der Waals surface area contributed by atoms with Gasteiger partial charge in [-0.2, -0.15) is 5.26 Å². The van der Waals surface area contributed by atoms with Crippen molar-refractivity contribution in [2.75, 3.05) is 13.2 Å². The third kappa shape index (κ3) is 4.72. The number of hydrogen-bond acceptors (Lipinski definition) is 3. The van der Waals surface area contributed by atoms with Gasteiger partial charge in [-0.05, 0) is 12.1 Å². The van der Waals surface area contributed by atoms with Gasteiger partial charge >= 0.3 is 0 Å². The highest BCUT2D eigenvalue weighted by atomic mass is 19.1. The number of rotatable bonds is 6. The molecule has 0 bridgehead atoms. The van der Waals surface area contributed by atoms with E-state index in [2.05, 4.69) is 26.1 Å². The van der Waals surface area contributed by atoms with Gasteiger partial charge in [-0.3, -0.25) is 0 Å². The van der Waals surface area contributed by atoms with Crippen LogP contribution in [0.5, 0.6) is 5.75 Å². The molecule has 0 radical (unpaired) electrons. The third-order valence-corrected chi connectivity index (χ3v) is 2.47. The van der Waals surface area contributed by atoms with Crippen molar-refractivity contribution >= 4 is 0 Å². The SMILES string of the molecule is CC(CNC(C)C)COc1ccc(C#N)c(F)c1. The second-order valence-corrected chi connectivity index (χ2v) is 4.73. The summed E-state index contributed by atoms with van der Waals surface area (Å²) in [4.78, 5) is 0. The molecule has 0 aliphatic rings. The molecule has 1 unspecified atom stereocenters. The number of ether oxygens (including phenoxy) is 1. The van der Waals surface area contributed by atoms with Gasteiger partial charge in [-0.25, -0.2) is 4.39 Å². The zero-order valence-corrected chi connectivity index (χ0v) is 11.0. The molecule has 18 heavy (non-hydrogen) atoms. The van der Waals surface area contributed by atoms with Crippen molar-refractivity contribution in [1.82, 2.24) is 5.32 Å². The minimum Gasteiger partial charge on any atom is -0.493 e. The van der Waals surface area contributed by atoms with Gasteiger partial charge in [0, 0.05) is 24.6 Å². The fraction of sp³-hybridized carbons (Fsp3) is 0.500. The van der Waals surface area contributed by atoms with Crippen molar-refractivity contribution in [3.63, 3.8) is 0 Å². The van der Waals surface area contributed by atoms with Crippen LogP contribution >= 0.6 is 0 Å². The molecule has 1 aromatic rings. The molecule has 0 aliphatic heterocycles. The van der Waals surface area contributed by atoms with Crippen molar-refractivity contribution in [2.45, 2.75) is 26.8 Å². The van der Waals surface area contributed by atoms with Gasteiger partial charge in [0.2, 0.25) is 0 Å². The van der Waals surface area contributed by atoms with E-state index >= 15 is 0 Å². The maximum atomic E-state index is 13.3. The van der Waals surface area contributed by atoms with Crippen LogP contribution in [-0.2, 0) is 0 Å². The first-order valence-corrected chi connectivity index (χ1v) is 6.08. The molecule has 0 amide bonds. The highest BCUT2D eigenvalue weighted by molar-refractivity contribution is 5.36. The lowest BCUT2D eigenvalue weighted by Crippen LogP contribution is -2.30. The van der Waals surface area contributed by atoms with E-state index < -0.39 is 5.82 Å². The third-order valence-electron chi connectivity index (χ3n) is 2.47. The average Bonchev–Trinajstić information content (AvgIpc) is 2.34. The molecule has 1 atom stereocenters. The standard InChI is InChI=1S/C14H19FN2O/c1-10(2)17-8-11(3)9-18-13-5-4-12(7-16)14(15)6-13/h4-6,10-11,17H,8-9H2,1-3H3. The first-order valence-electron chi connectivity index (χ1n) is 6.08. The molecule has 1 aromatic carbocycles. The average molecular weight is 250 g/mol. The van der Waals surface area contributed by atoms with Crippen molar-refractivity contribution in [3.8, 4) is 11.8 Å². The van der Waals surface area contributed by atoms with Crippen LogP contribution in [0, 0.1) is 23.1 Å². The predicted octanol–water partition coefficient (Wildman–Crippen LogP) is 2.71. The molecule has 0 spiro atoms. The van der Waals surface area contributed by atoms with Gasteiger partial charge in [0.1, 0.15) is 17.6 Å². The number of halogens is 1. The lowest BCUT2D eigenvalue weighted by Gasteiger charge is -2.15. The Morgan fingerprint density at radius 3 is 2.67 bits per heavy atom. The van der Waals surface area contributed by atoms with E-state index in [1.165, 1.54) is 12.1 Å².